The van der Waals surface area contributed by atoms with E-state index < -0.39 is 0 Å². The lowest BCUT2D eigenvalue weighted by molar-refractivity contribution is 0.514. The van der Waals surface area contributed by atoms with Gasteiger partial charge >= 0.3 is 0 Å². The van der Waals surface area contributed by atoms with E-state index in [0.717, 1.165) is 52.2 Å². The highest BCUT2D eigenvalue weighted by atomic mass is 15.3. The van der Waals surface area contributed by atoms with Gasteiger partial charge in [0.2, 0.25) is 0 Å². The molecule has 0 bridgehead atoms. The van der Waals surface area contributed by atoms with E-state index in [1.807, 2.05) is 30.3 Å². The van der Waals surface area contributed by atoms with Crippen molar-refractivity contribution in [3.8, 4) is 22.9 Å². The Morgan fingerprint density at radius 3 is 2.76 bits per heavy atom. The predicted molar refractivity (Wildman–Crippen MR) is 110 cm³/mol. The summed E-state index contributed by atoms with van der Waals surface area (Å²) in [5, 5.41) is 8.41. The molecule has 6 rings (SSSR count). The van der Waals surface area contributed by atoms with Gasteiger partial charge in [0, 0.05) is 24.5 Å². The fraction of sp³-hybridized carbons (Fsp3) is 0.150. The third kappa shape index (κ3) is 2.63. The van der Waals surface area contributed by atoms with Crippen molar-refractivity contribution >= 4 is 27.8 Å². The molecule has 29 heavy (non-hydrogen) atoms. The van der Waals surface area contributed by atoms with Crippen LogP contribution in [-0.2, 0) is 0 Å². The second-order valence-corrected chi connectivity index (χ2v) is 7.22. The number of para-hydroxylation sites is 2. The van der Waals surface area contributed by atoms with E-state index in [0.29, 0.717) is 11.5 Å². The molecule has 1 aliphatic heterocycles. The van der Waals surface area contributed by atoms with Crippen molar-refractivity contribution in [2.45, 2.75) is 6.04 Å². The molecule has 5 heterocycles. The molecular weight excluding hydrogens is 366 g/mol. The maximum atomic E-state index is 5.88. The lowest BCUT2D eigenvalue weighted by Crippen LogP contribution is -2.56. The summed E-state index contributed by atoms with van der Waals surface area (Å²) in [5.41, 5.74) is 10.8. The average molecular weight is 383 g/mol. The van der Waals surface area contributed by atoms with Gasteiger partial charge in [-0.05, 0) is 18.2 Å². The SMILES string of the molecule is NC1CN(c2cncc(-c3cc4c(-c5nc6ccccc6[nH]5)n[nH]c4cn3)n2)C1. The standard InChI is InChI=1S/C20H17N9/c21-11-9-29(10-11)18-8-22-6-17(24-18)15-5-12-16(7-23-15)27-28-19(12)20-25-13-3-1-2-4-14(13)26-20/h1-8,11H,9-10,21H2,(H,25,26)(H,27,28). The summed E-state index contributed by atoms with van der Waals surface area (Å²) in [7, 11) is 0. The van der Waals surface area contributed by atoms with Crippen LogP contribution < -0.4 is 10.6 Å². The van der Waals surface area contributed by atoms with Crippen LogP contribution in [0.4, 0.5) is 5.82 Å². The van der Waals surface area contributed by atoms with Crippen LogP contribution in [0.5, 0.6) is 0 Å². The van der Waals surface area contributed by atoms with E-state index in [1.54, 1.807) is 18.6 Å². The summed E-state index contributed by atoms with van der Waals surface area (Å²) in [5.74, 6) is 1.53. The molecule has 9 heteroatoms. The molecule has 9 nitrogen and oxygen atoms in total. The number of imidazole rings is 1. The summed E-state index contributed by atoms with van der Waals surface area (Å²) >= 11 is 0. The molecular formula is C20H17N9. The number of H-pyrrole nitrogens is 2. The second kappa shape index (κ2) is 6.08. The monoisotopic (exact) mass is 383 g/mol. The lowest BCUT2D eigenvalue weighted by Gasteiger charge is -2.37. The first-order valence-electron chi connectivity index (χ1n) is 9.37. The molecule has 0 spiro atoms. The molecule has 0 unspecified atom stereocenters. The average Bonchev–Trinajstić information content (AvgIpc) is 3.34. The first kappa shape index (κ1) is 16.1. The Labute approximate surface area is 165 Å². The van der Waals surface area contributed by atoms with Crippen LogP contribution in [0.3, 0.4) is 0 Å². The smallest absolute Gasteiger partial charge is 0.159 e. The fourth-order valence-electron chi connectivity index (χ4n) is 3.63. The first-order valence-corrected chi connectivity index (χ1v) is 9.37. The molecule has 142 valence electrons. The molecule has 4 N–H and O–H groups in total. The summed E-state index contributed by atoms with van der Waals surface area (Å²) in [6.07, 6.45) is 5.24. The minimum absolute atomic E-state index is 0.201. The van der Waals surface area contributed by atoms with Crippen LogP contribution in [0, 0.1) is 0 Å². The number of aromatic nitrogens is 7. The number of hydrogen-bond acceptors (Lipinski definition) is 7. The molecule has 0 saturated carbocycles. The zero-order chi connectivity index (χ0) is 19.4. The molecule has 1 aliphatic rings. The maximum absolute atomic E-state index is 5.88. The number of aromatic amines is 2. The number of nitrogens with two attached hydrogens (primary N) is 1. The summed E-state index contributed by atoms with van der Waals surface area (Å²) in [4.78, 5) is 23.7. The Balaban J connectivity index is 1.43. The summed E-state index contributed by atoms with van der Waals surface area (Å²) in [6.45, 7) is 1.59. The Bertz CT molecular complexity index is 1310. The summed E-state index contributed by atoms with van der Waals surface area (Å²) in [6, 6.07) is 10.1. The molecule has 1 saturated heterocycles. The first-order chi connectivity index (χ1) is 14.2. The van der Waals surface area contributed by atoms with Gasteiger partial charge in [-0.2, -0.15) is 5.10 Å². The Hall–Kier alpha value is -3.85. The van der Waals surface area contributed by atoms with Crippen molar-refractivity contribution in [1.82, 2.24) is 35.1 Å². The minimum Gasteiger partial charge on any atom is -0.352 e. The Morgan fingerprint density at radius 1 is 1.00 bits per heavy atom. The highest BCUT2D eigenvalue weighted by Gasteiger charge is 2.24. The largest absolute Gasteiger partial charge is 0.352 e. The van der Waals surface area contributed by atoms with Gasteiger partial charge in [-0.15, -0.1) is 0 Å². The topological polar surface area (TPSA) is 125 Å². The number of nitrogens with zero attached hydrogens (tertiary/aromatic N) is 6. The van der Waals surface area contributed by atoms with Crippen LogP contribution >= 0.6 is 0 Å². The van der Waals surface area contributed by atoms with Crippen molar-refractivity contribution in [3.63, 3.8) is 0 Å². The van der Waals surface area contributed by atoms with Crippen molar-refractivity contribution in [3.05, 3.63) is 48.9 Å². The molecule has 0 amide bonds. The quantitative estimate of drug-likeness (QED) is 0.436. The number of rotatable bonds is 3. The zero-order valence-corrected chi connectivity index (χ0v) is 15.4. The number of nitrogens with one attached hydrogen (secondary N) is 2. The van der Waals surface area contributed by atoms with Gasteiger partial charge < -0.3 is 15.6 Å². The molecule has 0 aliphatic carbocycles. The normalized spacial score (nSPS) is 14.6. The molecule has 0 atom stereocenters. The number of pyridine rings is 1. The van der Waals surface area contributed by atoms with Crippen LogP contribution in [0.2, 0.25) is 0 Å². The molecule has 1 aromatic carbocycles. The zero-order valence-electron chi connectivity index (χ0n) is 15.4. The van der Waals surface area contributed by atoms with Gasteiger partial charge in [-0.1, -0.05) is 12.1 Å². The van der Waals surface area contributed by atoms with E-state index in [4.69, 9.17) is 10.7 Å². The van der Waals surface area contributed by atoms with Crippen molar-refractivity contribution in [1.29, 1.82) is 0 Å². The van der Waals surface area contributed by atoms with Gasteiger partial charge in [0.25, 0.3) is 0 Å². The molecule has 1 fully saturated rings. The van der Waals surface area contributed by atoms with Gasteiger partial charge in [0.05, 0.1) is 40.8 Å². The lowest BCUT2D eigenvalue weighted by atomic mass is 10.1. The highest BCUT2D eigenvalue weighted by molar-refractivity contribution is 5.94. The molecule has 4 aromatic heterocycles. The second-order valence-electron chi connectivity index (χ2n) is 7.22. The Kier molecular flexibility index (Phi) is 3.38. The summed E-state index contributed by atoms with van der Waals surface area (Å²) < 4.78 is 0. The third-order valence-electron chi connectivity index (χ3n) is 5.18. The van der Waals surface area contributed by atoms with Gasteiger partial charge in [-0.3, -0.25) is 15.1 Å². The molecule has 0 radical (unpaired) electrons. The van der Waals surface area contributed by atoms with Crippen LogP contribution in [0.15, 0.2) is 48.9 Å². The van der Waals surface area contributed by atoms with E-state index in [2.05, 4.69) is 35.0 Å². The van der Waals surface area contributed by atoms with Crippen LogP contribution in [0.1, 0.15) is 0 Å². The predicted octanol–water partition coefficient (Wildman–Crippen LogP) is 2.11. The Morgan fingerprint density at radius 2 is 1.90 bits per heavy atom. The van der Waals surface area contributed by atoms with Crippen molar-refractivity contribution < 1.29 is 0 Å². The van der Waals surface area contributed by atoms with Crippen LogP contribution in [-0.4, -0.2) is 54.2 Å². The van der Waals surface area contributed by atoms with E-state index in [1.165, 1.54) is 0 Å². The van der Waals surface area contributed by atoms with E-state index >= 15 is 0 Å². The number of hydrogen-bond donors (Lipinski definition) is 3. The maximum Gasteiger partial charge on any atom is 0.159 e. The molecule has 5 aromatic rings. The number of anilines is 1. The van der Waals surface area contributed by atoms with Crippen LogP contribution in [0.25, 0.3) is 44.8 Å². The van der Waals surface area contributed by atoms with Crippen molar-refractivity contribution in [2.24, 2.45) is 5.73 Å². The highest BCUT2D eigenvalue weighted by Crippen LogP contribution is 2.29. The van der Waals surface area contributed by atoms with E-state index in [-0.39, 0.29) is 6.04 Å². The van der Waals surface area contributed by atoms with Gasteiger partial charge in [0.1, 0.15) is 17.2 Å². The van der Waals surface area contributed by atoms with E-state index in [9.17, 15) is 0 Å². The third-order valence-corrected chi connectivity index (χ3v) is 5.18. The van der Waals surface area contributed by atoms with Gasteiger partial charge in [-0.25, -0.2) is 9.97 Å². The number of fused-ring (bicyclic) bond motifs is 2. The van der Waals surface area contributed by atoms with Crippen molar-refractivity contribution in [2.75, 3.05) is 18.0 Å². The fourth-order valence-corrected chi connectivity index (χ4v) is 3.63. The van der Waals surface area contributed by atoms with Gasteiger partial charge in [0.15, 0.2) is 5.82 Å². The minimum atomic E-state index is 0.201. The number of benzene rings is 1.